The Labute approximate surface area is 157 Å². The highest BCUT2D eigenvalue weighted by Gasteiger charge is 2.24. The molecule has 3 rings (SSSR count). The van der Waals surface area contributed by atoms with Crippen LogP contribution in [0.5, 0.6) is 0 Å². The minimum absolute atomic E-state index is 0.0539. The Morgan fingerprint density at radius 2 is 1.89 bits per heavy atom. The molecule has 1 unspecified atom stereocenters. The topological polar surface area (TPSA) is 57.8 Å². The molecule has 1 amide bonds. The first-order chi connectivity index (χ1) is 12.8. The minimum atomic E-state index is -2.67. The summed E-state index contributed by atoms with van der Waals surface area (Å²) in [6.07, 6.45) is -1.90. The molecule has 0 aliphatic heterocycles. The Hall–Kier alpha value is -2.76. The highest BCUT2D eigenvalue weighted by molar-refractivity contribution is 5.97. The molecule has 0 spiro atoms. The lowest BCUT2D eigenvalue weighted by atomic mass is 9.79. The van der Waals surface area contributed by atoms with Gasteiger partial charge in [-0.05, 0) is 42.5 Å². The van der Waals surface area contributed by atoms with Gasteiger partial charge in [-0.3, -0.25) is 4.79 Å². The fourth-order valence-corrected chi connectivity index (χ4v) is 3.40. The molecule has 1 heterocycles. The predicted molar refractivity (Wildman–Crippen MR) is 102 cm³/mol. The summed E-state index contributed by atoms with van der Waals surface area (Å²) >= 11 is 0. The van der Waals surface area contributed by atoms with Gasteiger partial charge in [0.1, 0.15) is 0 Å². The number of nitrogens with one attached hydrogen (secondary N) is 2. The number of H-pyrrole nitrogens is 1. The summed E-state index contributed by atoms with van der Waals surface area (Å²) < 4.78 is 25.5. The second kappa shape index (κ2) is 7.47. The Kier molecular flexibility index (Phi) is 5.26. The molecule has 4 nitrogen and oxygen atoms in total. The molecule has 142 valence electrons. The Morgan fingerprint density at radius 1 is 1.19 bits per heavy atom. The average Bonchev–Trinajstić information content (AvgIpc) is 3.05. The van der Waals surface area contributed by atoms with Crippen LogP contribution in [0.4, 0.5) is 8.78 Å². The molecule has 0 bridgehead atoms. The number of carbonyl (C=O) groups excluding carboxylic acids is 1. The normalized spacial score (nSPS) is 13.1. The molecule has 3 aromatic rings. The van der Waals surface area contributed by atoms with E-state index in [9.17, 15) is 13.6 Å². The fraction of sp³-hybridized carbons (Fsp3) is 0.333. The molecule has 1 atom stereocenters. The van der Waals surface area contributed by atoms with E-state index < -0.39 is 6.43 Å². The van der Waals surface area contributed by atoms with Gasteiger partial charge in [0.05, 0.1) is 11.0 Å². The number of halogens is 2. The SMILES string of the molecule is CC(CC(C)(C)c1ccccc1)NC(=O)c1ccc2nc(C(F)F)[nH]c2c1. The van der Waals surface area contributed by atoms with Crippen LogP contribution in [0.2, 0.25) is 0 Å². The van der Waals surface area contributed by atoms with Crippen LogP contribution in [0, 0.1) is 0 Å². The first-order valence-corrected chi connectivity index (χ1v) is 8.90. The standard InChI is InChI=1S/C21H23F2N3O/c1-13(12-21(2,3)15-7-5-4-6-8-15)24-20(27)14-9-10-16-17(11-14)26-19(25-16)18(22)23/h4-11,13,18H,12H2,1-3H3,(H,24,27)(H,25,26). The molecule has 27 heavy (non-hydrogen) atoms. The van der Waals surface area contributed by atoms with Crippen molar-refractivity contribution < 1.29 is 13.6 Å². The predicted octanol–water partition coefficient (Wildman–Crippen LogP) is 4.99. The van der Waals surface area contributed by atoms with Crippen LogP contribution in [-0.2, 0) is 5.41 Å². The molecule has 2 aromatic carbocycles. The van der Waals surface area contributed by atoms with Gasteiger partial charge in [0.25, 0.3) is 12.3 Å². The van der Waals surface area contributed by atoms with E-state index in [2.05, 4.69) is 41.3 Å². The van der Waals surface area contributed by atoms with Crippen LogP contribution >= 0.6 is 0 Å². The van der Waals surface area contributed by atoms with Crippen molar-refractivity contribution in [2.45, 2.75) is 45.1 Å². The number of rotatable bonds is 6. The number of nitrogens with zero attached hydrogens (tertiary/aromatic N) is 1. The number of aromatic amines is 1. The summed E-state index contributed by atoms with van der Waals surface area (Å²) in [5.74, 6) is -0.623. The summed E-state index contributed by atoms with van der Waals surface area (Å²) in [4.78, 5) is 18.9. The number of amides is 1. The maximum atomic E-state index is 12.8. The van der Waals surface area contributed by atoms with E-state index in [1.165, 1.54) is 5.56 Å². The van der Waals surface area contributed by atoms with Gasteiger partial charge < -0.3 is 10.3 Å². The van der Waals surface area contributed by atoms with E-state index in [4.69, 9.17) is 0 Å². The van der Waals surface area contributed by atoms with Crippen molar-refractivity contribution in [3.05, 3.63) is 65.5 Å². The molecule has 0 fully saturated rings. The molecule has 6 heteroatoms. The molecule has 0 radical (unpaired) electrons. The van der Waals surface area contributed by atoms with Crippen molar-refractivity contribution in [2.75, 3.05) is 0 Å². The Bertz CT molecular complexity index is 935. The van der Waals surface area contributed by atoms with E-state index in [1.54, 1.807) is 18.2 Å². The lowest BCUT2D eigenvalue weighted by molar-refractivity contribution is 0.0934. The third-order valence-electron chi connectivity index (χ3n) is 4.72. The summed E-state index contributed by atoms with van der Waals surface area (Å²) in [6.45, 7) is 6.26. The number of aromatic nitrogens is 2. The van der Waals surface area contributed by atoms with Crippen LogP contribution in [0.1, 0.15) is 55.4 Å². The smallest absolute Gasteiger partial charge is 0.295 e. The van der Waals surface area contributed by atoms with Gasteiger partial charge in [0.15, 0.2) is 5.82 Å². The quantitative estimate of drug-likeness (QED) is 0.641. The van der Waals surface area contributed by atoms with Gasteiger partial charge >= 0.3 is 0 Å². The summed E-state index contributed by atoms with van der Waals surface area (Å²) in [7, 11) is 0. The van der Waals surface area contributed by atoms with Gasteiger partial charge in [-0.25, -0.2) is 13.8 Å². The van der Waals surface area contributed by atoms with E-state index in [0.29, 0.717) is 16.6 Å². The summed E-state index contributed by atoms with van der Waals surface area (Å²) in [5.41, 5.74) is 2.38. The Balaban J connectivity index is 1.70. The van der Waals surface area contributed by atoms with Gasteiger partial charge in [0.2, 0.25) is 0 Å². The molecule has 0 aliphatic rings. The van der Waals surface area contributed by atoms with E-state index in [1.807, 2.05) is 25.1 Å². The summed E-state index contributed by atoms with van der Waals surface area (Å²) in [5, 5.41) is 2.99. The lowest BCUT2D eigenvalue weighted by Crippen LogP contribution is -2.37. The van der Waals surface area contributed by atoms with Gasteiger partial charge in [0, 0.05) is 11.6 Å². The molecule has 0 saturated heterocycles. The zero-order chi connectivity index (χ0) is 19.6. The highest BCUT2D eigenvalue weighted by Crippen LogP contribution is 2.28. The molecular formula is C21H23F2N3O. The largest absolute Gasteiger partial charge is 0.350 e. The zero-order valence-corrected chi connectivity index (χ0v) is 15.6. The number of fused-ring (bicyclic) bond motifs is 1. The number of hydrogen-bond donors (Lipinski definition) is 2. The number of hydrogen-bond acceptors (Lipinski definition) is 2. The van der Waals surface area contributed by atoms with Crippen molar-refractivity contribution in [2.24, 2.45) is 0 Å². The number of carbonyl (C=O) groups is 1. The second-order valence-corrected chi connectivity index (χ2v) is 7.48. The van der Waals surface area contributed by atoms with Gasteiger partial charge in [-0.1, -0.05) is 44.2 Å². The molecule has 1 aromatic heterocycles. The molecule has 0 saturated carbocycles. The van der Waals surface area contributed by atoms with Crippen molar-refractivity contribution in [1.82, 2.24) is 15.3 Å². The monoisotopic (exact) mass is 371 g/mol. The van der Waals surface area contributed by atoms with Crippen molar-refractivity contribution in [1.29, 1.82) is 0 Å². The van der Waals surface area contributed by atoms with Crippen molar-refractivity contribution in [3.8, 4) is 0 Å². The second-order valence-electron chi connectivity index (χ2n) is 7.48. The van der Waals surface area contributed by atoms with Gasteiger partial charge in [-0.15, -0.1) is 0 Å². The van der Waals surface area contributed by atoms with Crippen LogP contribution < -0.4 is 5.32 Å². The van der Waals surface area contributed by atoms with Crippen molar-refractivity contribution >= 4 is 16.9 Å². The minimum Gasteiger partial charge on any atom is -0.350 e. The highest BCUT2D eigenvalue weighted by atomic mass is 19.3. The van der Waals surface area contributed by atoms with Crippen LogP contribution in [0.15, 0.2) is 48.5 Å². The molecule has 2 N–H and O–H groups in total. The zero-order valence-electron chi connectivity index (χ0n) is 15.6. The third-order valence-corrected chi connectivity index (χ3v) is 4.72. The number of alkyl halides is 2. The van der Waals surface area contributed by atoms with Crippen molar-refractivity contribution in [3.63, 3.8) is 0 Å². The van der Waals surface area contributed by atoms with Crippen LogP contribution in [0.25, 0.3) is 11.0 Å². The maximum absolute atomic E-state index is 12.8. The molecule has 0 aliphatic carbocycles. The first kappa shape index (κ1) is 19.0. The molecular weight excluding hydrogens is 348 g/mol. The maximum Gasteiger partial charge on any atom is 0.295 e. The lowest BCUT2D eigenvalue weighted by Gasteiger charge is -2.29. The fourth-order valence-electron chi connectivity index (χ4n) is 3.40. The van der Waals surface area contributed by atoms with Crippen LogP contribution in [-0.4, -0.2) is 21.9 Å². The van der Waals surface area contributed by atoms with E-state index in [-0.39, 0.29) is 23.2 Å². The number of imidazole rings is 1. The Morgan fingerprint density at radius 3 is 2.56 bits per heavy atom. The van der Waals surface area contributed by atoms with Gasteiger partial charge in [-0.2, -0.15) is 0 Å². The van der Waals surface area contributed by atoms with E-state index >= 15 is 0 Å². The van der Waals surface area contributed by atoms with Crippen LogP contribution in [0.3, 0.4) is 0 Å². The third kappa shape index (κ3) is 4.32. The van der Waals surface area contributed by atoms with E-state index in [0.717, 1.165) is 6.42 Å². The average molecular weight is 371 g/mol. The number of benzene rings is 2. The summed E-state index contributed by atoms with van der Waals surface area (Å²) in [6, 6.07) is 14.8. The first-order valence-electron chi connectivity index (χ1n) is 8.90.